The zero-order valence-electron chi connectivity index (χ0n) is 10.5. The van der Waals surface area contributed by atoms with Crippen LogP contribution >= 0.6 is 11.6 Å². The van der Waals surface area contributed by atoms with Gasteiger partial charge < -0.3 is 5.11 Å². The van der Waals surface area contributed by atoms with Gasteiger partial charge >= 0.3 is 0 Å². The molecule has 1 aromatic heterocycles. The molecule has 1 fully saturated rings. The van der Waals surface area contributed by atoms with Crippen molar-refractivity contribution in [1.29, 1.82) is 0 Å². The molecule has 96 valence electrons. The number of likely N-dealkylation sites (tertiary alicyclic amines) is 1. The van der Waals surface area contributed by atoms with Crippen LogP contribution in [0.5, 0.6) is 0 Å². The lowest BCUT2D eigenvalue weighted by molar-refractivity contribution is 0.151. The molecule has 4 nitrogen and oxygen atoms in total. The lowest BCUT2D eigenvalue weighted by atomic mass is 10.2. The molecule has 0 aromatic carbocycles. The van der Waals surface area contributed by atoms with Gasteiger partial charge in [-0.2, -0.15) is 5.10 Å². The molecular weight excluding hydrogens is 238 g/mol. The quantitative estimate of drug-likeness (QED) is 0.891. The Labute approximate surface area is 107 Å². The highest BCUT2D eigenvalue weighted by Gasteiger charge is 2.26. The van der Waals surface area contributed by atoms with Crippen LogP contribution in [-0.4, -0.2) is 39.0 Å². The molecule has 0 radical (unpaired) electrons. The number of rotatable bonds is 4. The minimum atomic E-state index is 0.232. The van der Waals surface area contributed by atoms with Gasteiger partial charge in [0.2, 0.25) is 0 Å². The third kappa shape index (κ3) is 2.49. The van der Waals surface area contributed by atoms with E-state index in [9.17, 15) is 5.11 Å². The summed E-state index contributed by atoms with van der Waals surface area (Å²) < 4.78 is 1.87. The standard InChI is InChI=1S/C12H20ClN3O/c1-3-10-12(13)11(15(2)14-10)7-16-6-4-5-9(16)8-17/h9,17H,3-8H2,1-2H3/t9-/m1/s1. The van der Waals surface area contributed by atoms with Crippen molar-refractivity contribution in [3.05, 3.63) is 16.4 Å². The Morgan fingerprint density at radius 1 is 1.53 bits per heavy atom. The summed E-state index contributed by atoms with van der Waals surface area (Å²) in [6, 6.07) is 0.283. The fourth-order valence-corrected chi connectivity index (χ4v) is 2.85. The molecular formula is C12H20ClN3O. The van der Waals surface area contributed by atoms with Crippen molar-refractivity contribution < 1.29 is 5.11 Å². The molecule has 0 bridgehead atoms. The summed E-state index contributed by atoms with van der Waals surface area (Å²) in [4.78, 5) is 2.29. The Morgan fingerprint density at radius 2 is 2.29 bits per heavy atom. The number of aryl methyl sites for hydroxylation is 2. The van der Waals surface area contributed by atoms with Crippen molar-refractivity contribution >= 4 is 11.6 Å². The predicted octanol–water partition coefficient (Wildman–Crippen LogP) is 1.59. The fraction of sp³-hybridized carbons (Fsp3) is 0.750. The summed E-state index contributed by atoms with van der Waals surface area (Å²) in [6.45, 7) is 4.11. The van der Waals surface area contributed by atoms with Gasteiger partial charge in [-0.25, -0.2) is 0 Å². The molecule has 17 heavy (non-hydrogen) atoms. The second kappa shape index (κ2) is 5.38. The first-order valence-corrected chi connectivity index (χ1v) is 6.60. The number of nitrogens with zero attached hydrogens (tertiary/aromatic N) is 3. The van der Waals surface area contributed by atoms with Gasteiger partial charge in [-0.05, 0) is 25.8 Å². The summed E-state index contributed by atoms with van der Waals surface area (Å²) in [6.07, 6.45) is 3.09. The topological polar surface area (TPSA) is 41.3 Å². The zero-order valence-corrected chi connectivity index (χ0v) is 11.2. The molecule has 0 amide bonds. The van der Waals surface area contributed by atoms with Crippen LogP contribution in [0.2, 0.25) is 5.02 Å². The smallest absolute Gasteiger partial charge is 0.0863 e. The van der Waals surface area contributed by atoms with E-state index in [1.165, 1.54) is 0 Å². The normalized spacial score (nSPS) is 21.3. The van der Waals surface area contributed by atoms with Crippen LogP contribution in [0.25, 0.3) is 0 Å². The van der Waals surface area contributed by atoms with Crippen LogP contribution < -0.4 is 0 Å². The summed E-state index contributed by atoms with van der Waals surface area (Å²) >= 11 is 6.33. The van der Waals surface area contributed by atoms with Crippen LogP contribution in [-0.2, 0) is 20.0 Å². The summed E-state index contributed by atoms with van der Waals surface area (Å²) in [5, 5.41) is 14.5. The molecule has 1 aromatic rings. The highest BCUT2D eigenvalue weighted by atomic mass is 35.5. The maximum atomic E-state index is 9.31. The number of aliphatic hydroxyl groups excluding tert-OH is 1. The molecule has 0 saturated carbocycles. The Bertz CT molecular complexity index is 391. The highest BCUT2D eigenvalue weighted by molar-refractivity contribution is 6.31. The monoisotopic (exact) mass is 257 g/mol. The molecule has 0 unspecified atom stereocenters. The van der Waals surface area contributed by atoms with Crippen LogP contribution in [0.4, 0.5) is 0 Å². The molecule has 5 heteroatoms. The van der Waals surface area contributed by atoms with Gasteiger partial charge in [0.1, 0.15) is 0 Å². The van der Waals surface area contributed by atoms with E-state index in [-0.39, 0.29) is 12.6 Å². The molecule has 2 heterocycles. The first kappa shape index (κ1) is 12.9. The molecule has 1 saturated heterocycles. The van der Waals surface area contributed by atoms with E-state index in [0.717, 1.165) is 48.8 Å². The number of halogens is 1. The Kier molecular flexibility index (Phi) is 4.07. The van der Waals surface area contributed by atoms with Gasteiger partial charge in [0.25, 0.3) is 0 Å². The van der Waals surface area contributed by atoms with E-state index >= 15 is 0 Å². The maximum absolute atomic E-state index is 9.31. The lowest BCUT2D eigenvalue weighted by Gasteiger charge is -2.22. The fourth-order valence-electron chi connectivity index (χ4n) is 2.49. The molecule has 1 atom stereocenters. The second-order valence-corrected chi connectivity index (χ2v) is 5.01. The minimum absolute atomic E-state index is 0.232. The van der Waals surface area contributed by atoms with Crippen molar-refractivity contribution in [2.45, 2.75) is 38.8 Å². The van der Waals surface area contributed by atoms with E-state index < -0.39 is 0 Å². The van der Waals surface area contributed by atoms with Gasteiger partial charge in [-0.15, -0.1) is 0 Å². The average molecular weight is 258 g/mol. The van der Waals surface area contributed by atoms with E-state index in [1.807, 2.05) is 11.7 Å². The summed E-state index contributed by atoms with van der Waals surface area (Å²) in [7, 11) is 1.93. The van der Waals surface area contributed by atoms with Crippen molar-refractivity contribution in [2.75, 3.05) is 13.2 Å². The first-order valence-electron chi connectivity index (χ1n) is 6.22. The zero-order chi connectivity index (χ0) is 12.4. The van der Waals surface area contributed by atoms with Gasteiger partial charge in [0.15, 0.2) is 0 Å². The van der Waals surface area contributed by atoms with Gasteiger partial charge in [0, 0.05) is 19.6 Å². The number of hydrogen-bond acceptors (Lipinski definition) is 3. The third-order valence-electron chi connectivity index (χ3n) is 3.57. The molecule has 2 rings (SSSR count). The van der Waals surface area contributed by atoms with E-state index in [2.05, 4.69) is 16.9 Å². The van der Waals surface area contributed by atoms with Crippen molar-refractivity contribution in [2.24, 2.45) is 7.05 Å². The highest BCUT2D eigenvalue weighted by Crippen LogP contribution is 2.25. The van der Waals surface area contributed by atoms with Gasteiger partial charge in [-0.3, -0.25) is 9.58 Å². The average Bonchev–Trinajstić information content (AvgIpc) is 2.88. The van der Waals surface area contributed by atoms with Crippen molar-refractivity contribution in [1.82, 2.24) is 14.7 Å². The summed E-state index contributed by atoms with van der Waals surface area (Å²) in [5.74, 6) is 0. The van der Waals surface area contributed by atoms with Crippen LogP contribution in [0.1, 0.15) is 31.2 Å². The van der Waals surface area contributed by atoms with Crippen LogP contribution in [0.15, 0.2) is 0 Å². The Morgan fingerprint density at radius 3 is 2.88 bits per heavy atom. The second-order valence-electron chi connectivity index (χ2n) is 4.63. The Hall–Kier alpha value is -0.580. The number of aromatic nitrogens is 2. The van der Waals surface area contributed by atoms with Crippen LogP contribution in [0, 0.1) is 0 Å². The molecule has 1 aliphatic rings. The maximum Gasteiger partial charge on any atom is 0.0863 e. The largest absolute Gasteiger partial charge is 0.395 e. The lowest BCUT2D eigenvalue weighted by Crippen LogP contribution is -2.32. The van der Waals surface area contributed by atoms with Gasteiger partial charge in [-0.1, -0.05) is 18.5 Å². The molecule has 1 N–H and O–H groups in total. The molecule has 0 spiro atoms. The molecule has 1 aliphatic heterocycles. The van der Waals surface area contributed by atoms with Crippen molar-refractivity contribution in [3.8, 4) is 0 Å². The van der Waals surface area contributed by atoms with Gasteiger partial charge in [0.05, 0.1) is 23.0 Å². The van der Waals surface area contributed by atoms with E-state index in [1.54, 1.807) is 0 Å². The van der Waals surface area contributed by atoms with E-state index in [0.29, 0.717) is 0 Å². The van der Waals surface area contributed by atoms with E-state index in [4.69, 9.17) is 11.6 Å². The Balaban J connectivity index is 2.15. The van der Waals surface area contributed by atoms with Crippen LogP contribution in [0.3, 0.4) is 0 Å². The predicted molar refractivity (Wildman–Crippen MR) is 68.1 cm³/mol. The first-order chi connectivity index (χ1) is 8.17. The van der Waals surface area contributed by atoms with Crippen molar-refractivity contribution in [3.63, 3.8) is 0 Å². The summed E-state index contributed by atoms with van der Waals surface area (Å²) in [5.41, 5.74) is 2.02. The minimum Gasteiger partial charge on any atom is -0.395 e. The third-order valence-corrected chi connectivity index (χ3v) is 4.00. The number of hydrogen-bond donors (Lipinski definition) is 1. The molecule has 0 aliphatic carbocycles. The SMILES string of the molecule is CCc1nn(C)c(CN2CCC[C@@H]2CO)c1Cl. The number of aliphatic hydroxyl groups is 1.